The van der Waals surface area contributed by atoms with E-state index in [0.717, 1.165) is 12.3 Å². The zero-order chi connectivity index (χ0) is 13.7. The fraction of sp³-hybridized carbons (Fsp3) is 0.625. The molecule has 19 heavy (non-hydrogen) atoms. The first-order valence-electron chi connectivity index (χ1n) is 7.16. The molecule has 0 saturated heterocycles. The monoisotopic (exact) mass is 263 g/mol. The number of rotatable bonds is 7. The summed E-state index contributed by atoms with van der Waals surface area (Å²) in [6, 6.07) is 7.89. The molecule has 2 rings (SSSR count). The molecule has 3 nitrogen and oxygen atoms in total. The largest absolute Gasteiger partial charge is 0.491 e. The first-order valence-corrected chi connectivity index (χ1v) is 7.16. The molecule has 0 heterocycles. The van der Waals surface area contributed by atoms with Gasteiger partial charge in [0.15, 0.2) is 0 Å². The molecule has 1 aliphatic rings. The maximum atomic E-state index is 9.87. The van der Waals surface area contributed by atoms with Crippen molar-refractivity contribution in [3.63, 3.8) is 0 Å². The second-order valence-corrected chi connectivity index (χ2v) is 6.07. The molecule has 1 fully saturated rings. The molecular weight excluding hydrogens is 238 g/mol. The van der Waals surface area contributed by atoms with Gasteiger partial charge in [0.05, 0.1) is 0 Å². The van der Waals surface area contributed by atoms with Crippen LogP contribution in [0.15, 0.2) is 24.3 Å². The van der Waals surface area contributed by atoms with Gasteiger partial charge < -0.3 is 15.2 Å². The number of benzene rings is 1. The summed E-state index contributed by atoms with van der Waals surface area (Å²) >= 11 is 0. The summed E-state index contributed by atoms with van der Waals surface area (Å²) in [4.78, 5) is 0. The predicted octanol–water partition coefficient (Wildman–Crippen LogP) is 2.51. The highest BCUT2D eigenvalue weighted by Crippen LogP contribution is 2.39. The molecule has 106 valence electrons. The number of aliphatic hydroxyl groups excluding tert-OH is 1. The van der Waals surface area contributed by atoms with E-state index in [0.29, 0.717) is 18.6 Å². The molecule has 1 atom stereocenters. The molecule has 2 N–H and O–H groups in total. The molecule has 0 radical (unpaired) electrons. The van der Waals surface area contributed by atoms with Gasteiger partial charge in [0, 0.05) is 13.1 Å². The van der Waals surface area contributed by atoms with Crippen LogP contribution in [0.2, 0.25) is 0 Å². The van der Waals surface area contributed by atoms with Gasteiger partial charge in [0.2, 0.25) is 0 Å². The Hall–Kier alpha value is -1.06. The maximum Gasteiger partial charge on any atom is 0.119 e. The Bertz CT molecular complexity index is 384. The summed E-state index contributed by atoms with van der Waals surface area (Å²) in [6.45, 7) is 6.28. The fourth-order valence-electron chi connectivity index (χ4n) is 2.38. The third kappa shape index (κ3) is 4.51. The van der Waals surface area contributed by atoms with Crippen LogP contribution in [0, 0.1) is 12.3 Å². The molecule has 0 bridgehead atoms. The lowest BCUT2D eigenvalue weighted by molar-refractivity contribution is 0.0946. The molecule has 1 aromatic carbocycles. The molecule has 0 aromatic heterocycles. The summed E-state index contributed by atoms with van der Waals surface area (Å²) in [5, 5.41) is 13.2. The van der Waals surface area contributed by atoms with Crippen LogP contribution in [-0.4, -0.2) is 30.9 Å². The van der Waals surface area contributed by atoms with Gasteiger partial charge in [-0.15, -0.1) is 0 Å². The minimum Gasteiger partial charge on any atom is -0.491 e. The topological polar surface area (TPSA) is 41.5 Å². The van der Waals surface area contributed by atoms with Crippen molar-refractivity contribution in [3.8, 4) is 5.75 Å². The standard InChI is InChI=1S/C16H25NO2/c1-13-4-6-15(7-5-13)19-11-14(18)10-17-12-16(2)8-3-9-16/h4-7,14,17-18H,3,8-12H2,1-2H3. The predicted molar refractivity (Wildman–Crippen MR) is 77.5 cm³/mol. The van der Waals surface area contributed by atoms with Crippen molar-refractivity contribution in [3.05, 3.63) is 29.8 Å². The van der Waals surface area contributed by atoms with Crippen molar-refractivity contribution in [2.45, 2.75) is 39.2 Å². The SMILES string of the molecule is Cc1ccc(OCC(O)CNCC2(C)CCC2)cc1. The third-order valence-electron chi connectivity index (χ3n) is 3.96. The Morgan fingerprint density at radius 2 is 2.00 bits per heavy atom. The van der Waals surface area contributed by atoms with Gasteiger partial charge in [-0.2, -0.15) is 0 Å². The fourth-order valence-corrected chi connectivity index (χ4v) is 2.38. The van der Waals surface area contributed by atoms with Crippen molar-refractivity contribution in [1.82, 2.24) is 5.32 Å². The molecule has 0 aliphatic heterocycles. The van der Waals surface area contributed by atoms with Crippen LogP contribution in [0.1, 0.15) is 31.7 Å². The van der Waals surface area contributed by atoms with Gasteiger partial charge in [-0.3, -0.25) is 0 Å². The maximum absolute atomic E-state index is 9.87. The van der Waals surface area contributed by atoms with Crippen LogP contribution in [0.4, 0.5) is 0 Å². The number of aryl methyl sites for hydroxylation is 1. The molecule has 0 spiro atoms. The average molecular weight is 263 g/mol. The van der Waals surface area contributed by atoms with E-state index in [1.165, 1.54) is 24.8 Å². The van der Waals surface area contributed by atoms with E-state index in [1.54, 1.807) is 0 Å². The number of ether oxygens (including phenoxy) is 1. The Balaban J connectivity index is 1.61. The molecule has 3 heteroatoms. The summed E-state index contributed by atoms with van der Waals surface area (Å²) in [7, 11) is 0. The quantitative estimate of drug-likeness (QED) is 0.794. The first kappa shape index (κ1) is 14.4. The van der Waals surface area contributed by atoms with Crippen LogP contribution in [0.5, 0.6) is 5.75 Å². The lowest BCUT2D eigenvalue weighted by Gasteiger charge is -2.38. The van der Waals surface area contributed by atoms with Crippen molar-refractivity contribution in [2.75, 3.05) is 19.7 Å². The van der Waals surface area contributed by atoms with Crippen LogP contribution in [0.3, 0.4) is 0 Å². The average Bonchev–Trinajstić information content (AvgIpc) is 2.36. The highest BCUT2D eigenvalue weighted by Gasteiger charge is 2.31. The van der Waals surface area contributed by atoms with E-state index in [2.05, 4.69) is 12.2 Å². The lowest BCUT2D eigenvalue weighted by atomic mass is 9.70. The second-order valence-electron chi connectivity index (χ2n) is 6.07. The van der Waals surface area contributed by atoms with Gasteiger partial charge in [0.25, 0.3) is 0 Å². The van der Waals surface area contributed by atoms with Gasteiger partial charge >= 0.3 is 0 Å². The van der Waals surface area contributed by atoms with Crippen molar-refractivity contribution >= 4 is 0 Å². The number of hydrogen-bond acceptors (Lipinski definition) is 3. The third-order valence-corrected chi connectivity index (χ3v) is 3.96. The summed E-state index contributed by atoms with van der Waals surface area (Å²) in [5.74, 6) is 0.815. The highest BCUT2D eigenvalue weighted by atomic mass is 16.5. The normalized spacial score (nSPS) is 18.7. The molecule has 1 saturated carbocycles. The number of aliphatic hydroxyl groups is 1. The lowest BCUT2D eigenvalue weighted by Crippen LogP contribution is -2.41. The molecule has 1 aliphatic carbocycles. The zero-order valence-corrected chi connectivity index (χ0v) is 12.0. The minimum atomic E-state index is -0.454. The molecule has 1 aromatic rings. The summed E-state index contributed by atoms with van der Waals surface area (Å²) in [5.41, 5.74) is 1.67. The van der Waals surface area contributed by atoms with E-state index < -0.39 is 6.10 Å². The van der Waals surface area contributed by atoms with Crippen molar-refractivity contribution < 1.29 is 9.84 Å². The Morgan fingerprint density at radius 3 is 2.58 bits per heavy atom. The van der Waals surface area contributed by atoms with Crippen molar-refractivity contribution in [2.24, 2.45) is 5.41 Å². The van der Waals surface area contributed by atoms with Crippen LogP contribution < -0.4 is 10.1 Å². The van der Waals surface area contributed by atoms with E-state index >= 15 is 0 Å². The number of hydrogen-bond donors (Lipinski definition) is 2. The smallest absolute Gasteiger partial charge is 0.119 e. The summed E-state index contributed by atoms with van der Waals surface area (Å²) < 4.78 is 5.56. The van der Waals surface area contributed by atoms with E-state index in [1.807, 2.05) is 31.2 Å². The Labute approximate surface area is 116 Å². The second kappa shape index (κ2) is 6.40. The van der Waals surface area contributed by atoms with Gasteiger partial charge in [0.1, 0.15) is 18.5 Å². The zero-order valence-electron chi connectivity index (χ0n) is 12.0. The molecular formula is C16H25NO2. The van der Waals surface area contributed by atoms with E-state index in [-0.39, 0.29) is 0 Å². The van der Waals surface area contributed by atoms with E-state index in [4.69, 9.17) is 4.74 Å². The number of nitrogens with one attached hydrogen (secondary N) is 1. The van der Waals surface area contributed by atoms with Gasteiger partial charge in [-0.1, -0.05) is 31.0 Å². The van der Waals surface area contributed by atoms with Crippen molar-refractivity contribution in [1.29, 1.82) is 0 Å². The van der Waals surface area contributed by atoms with Crippen LogP contribution in [0.25, 0.3) is 0 Å². The van der Waals surface area contributed by atoms with E-state index in [9.17, 15) is 5.11 Å². The Morgan fingerprint density at radius 1 is 1.32 bits per heavy atom. The Kier molecular flexibility index (Phi) is 4.83. The minimum absolute atomic E-state index is 0.340. The van der Waals surface area contributed by atoms with Crippen LogP contribution in [-0.2, 0) is 0 Å². The van der Waals surface area contributed by atoms with Gasteiger partial charge in [-0.25, -0.2) is 0 Å². The highest BCUT2D eigenvalue weighted by molar-refractivity contribution is 5.26. The summed E-state index contributed by atoms with van der Waals surface area (Å²) in [6.07, 6.45) is 3.49. The molecule has 1 unspecified atom stereocenters. The van der Waals surface area contributed by atoms with Gasteiger partial charge in [-0.05, 0) is 37.3 Å². The molecule has 0 amide bonds. The first-order chi connectivity index (χ1) is 9.07. The van der Waals surface area contributed by atoms with Crippen LogP contribution >= 0.6 is 0 Å².